The Balaban J connectivity index is 1.88. The van der Waals surface area contributed by atoms with Gasteiger partial charge in [-0.15, -0.1) is 0 Å². The van der Waals surface area contributed by atoms with Crippen molar-refractivity contribution in [1.82, 2.24) is 9.97 Å². The van der Waals surface area contributed by atoms with Crippen molar-refractivity contribution >= 4 is 33.2 Å². The van der Waals surface area contributed by atoms with Crippen molar-refractivity contribution in [3.63, 3.8) is 0 Å². The number of aryl methyl sites for hydroxylation is 1. The van der Waals surface area contributed by atoms with Crippen LogP contribution in [0.3, 0.4) is 0 Å². The number of halogens is 2. The molecule has 92 valence electrons. The first-order chi connectivity index (χ1) is 8.74. The average Bonchev–Trinajstić information content (AvgIpc) is 2.78. The lowest BCUT2D eigenvalue weighted by Crippen LogP contribution is -2.09. The second-order valence-corrected chi connectivity index (χ2v) is 5.55. The predicted octanol–water partition coefficient (Wildman–Crippen LogP) is 3.99. The van der Waals surface area contributed by atoms with Crippen LogP contribution >= 0.6 is 27.5 Å². The molecule has 1 atom stereocenters. The summed E-state index contributed by atoms with van der Waals surface area (Å²) in [6.45, 7) is 0. The van der Waals surface area contributed by atoms with E-state index in [1.54, 1.807) is 6.20 Å². The highest BCUT2D eigenvalue weighted by atomic mass is 79.9. The third-order valence-electron chi connectivity index (χ3n) is 3.09. The van der Waals surface area contributed by atoms with E-state index in [0.717, 1.165) is 28.7 Å². The van der Waals surface area contributed by atoms with Gasteiger partial charge in [0.2, 0.25) is 0 Å². The topological polar surface area (TPSA) is 37.8 Å². The summed E-state index contributed by atoms with van der Waals surface area (Å²) in [7, 11) is 0. The average molecular weight is 325 g/mol. The molecule has 0 fully saturated rings. The van der Waals surface area contributed by atoms with Gasteiger partial charge in [0, 0.05) is 16.9 Å². The normalized spacial score (nSPS) is 17.6. The van der Waals surface area contributed by atoms with Crippen LogP contribution in [-0.4, -0.2) is 9.97 Å². The fraction of sp³-hybridized carbons (Fsp3) is 0.231. The van der Waals surface area contributed by atoms with Gasteiger partial charge in [0.15, 0.2) is 5.15 Å². The smallest absolute Gasteiger partial charge is 0.152 e. The molecule has 1 unspecified atom stereocenters. The van der Waals surface area contributed by atoms with Crippen LogP contribution in [0, 0.1) is 0 Å². The molecule has 0 bridgehead atoms. The number of anilines is 1. The zero-order valence-corrected chi connectivity index (χ0v) is 11.9. The third kappa shape index (κ3) is 2.22. The van der Waals surface area contributed by atoms with Crippen LogP contribution in [0.4, 0.5) is 5.69 Å². The van der Waals surface area contributed by atoms with Crippen molar-refractivity contribution < 1.29 is 0 Å². The zero-order chi connectivity index (χ0) is 12.5. The molecule has 0 saturated carbocycles. The Kier molecular flexibility index (Phi) is 3.22. The van der Waals surface area contributed by atoms with Crippen LogP contribution in [0.1, 0.15) is 23.7 Å². The van der Waals surface area contributed by atoms with Gasteiger partial charge in [-0.3, -0.25) is 4.98 Å². The number of nitrogens with zero attached hydrogens (tertiary/aromatic N) is 2. The number of aromatic nitrogens is 2. The van der Waals surface area contributed by atoms with Gasteiger partial charge >= 0.3 is 0 Å². The second-order valence-electron chi connectivity index (χ2n) is 4.28. The van der Waals surface area contributed by atoms with Crippen LogP contribution in [-0.2, 0) is 6.42 Å². The SMILES string of the molecule is Clc1ncc(Br)cc1NC1CCc2cccnc21. The molecule has 2 heterocycles. The summed E-state index contributed by atoms with van der Waals surface area (Å²) in [6, 6.07) is 6.27. The van der Waals surface area contributed by atoms with E-state index in [1.165, 1.54) is 5.56 Å². The van der Waals surface area contributed by atoms with Gasteiger partial charge < -0.3 is 5.32 Å². The summed E-state index contributed by atoms with van der Waals surface area (Å²) in [4.78, 5) is 8.56. The monoisotopic (exact) mass is 323 g/mol. The van der Waals surface area contributed by atoms with E-state index < -0.39 is 0 Å². The summed E-state index contributed by atoms with van der Waals surface area (Å²) < 4.78 is 0.911. The maximum atomic E-state index is 6.09. The molecule has 0 saturated heterocycles. The number of pyridine rings is 2. The molecule has 0 aliphatic heterocycles. The molecular formula is C13H11BrClN3. The van der Waals surface area contributed by atoms with E-state index in [2.05, 4.69) is 37.3 Å². The van der Waals surface area contributed by atoms with Crippen molar-refractivity contribution in [3.8, 4) is 0 Å². The molecule has 1 aliphatic carbocycles. The molecule has 0 aromatic carbocycles. The van der Waals surface area contributed by atoms with Crippen molar-refractivity contribution in [2.24, 2.45) is 0 Å². The quantitative estimate of drug-likeness (QED) is 0.849. The summed E-state index contributed by atoms with van der Waals surface area (Å²) in [5.74, 6) is 0. The van der Waals surface area contributed by atoms with Crippen LogP contribution in [0.25, 0.3) is 0 Å². The highest BCUT2D eigenvalue weighted by Gasteiger charge is 2.24. The first kappa shape index (κ1) is 11.9. The van der Waals surface area contributed by atoms with E-state index in [1.807, 2.05) is 18.3 Å². The number of hydrogen-bond donors (Lipinski definition) is 1. The Bertz CT molecular complexity index is 588. The van der Waals surface area contributed by atoms with Crippen LogP contribution < -0.4 is 5.32 Å². The van der Waals surface area contributed by atoms with E-state index in [0.29, 0.717) is 5.15 Å². The molecule has 2 aromatic heterocycles. The molecule has 1 aliphatic rings. The largest absolute Gasteiger partial charge is 0.374 e. The van der Waals surface area contributed by atoms with Gasteiger partial charge in [-0.05, 0) is 46.5 Å². The number of hydrogen-bond acceptors (Lipinski definition) is 3. The fourth-order valence-corrected chi connectivity index (χ4v) is 2.75. The maximum Gasteiger partial charge on any atom is 0.152 e. The zero-order valence-electron chi connectivity index (χ0n) is 9.53. The van der Waals surface area contributed by atoms with E-state index in [9.17, 15) is 0 Å². The lowest BCUT2D eigenvalue weighted by atomic mass is 10.2. The Morgan fingerprint density at radius 2 is 2.28 bits per heavy atom. The lowest BCUT2D eigenvalue weighted by Gasteiger charge is -2.15. The number of rotatable bonds is 2. The summed E-state index contributed by atoms with van der Waals surface area (Å²) in [5, 5.41) is 3.91. The maximum absolute atomic E-state index is 6.09. The van der Waals surface area contributed by atoms with Crippen molar-refractivity contribution in [2.45, 2.75) is 18.9 Å². The Morgan fingerprint density at radius 3 is 3.17 bits per heavy atom. The van der Waals surface area contributed by atoms with Crippen molar-refractivity contribution in [2.75, 3.05) is 5.32 Å². The van der Waals surface area contributed by atoms with Crippen molar-refractivity contribution in [1.29, 1.82) is 0 Å². The third-order valence-corrected chi connectivity index (χ3v) is 3.83. The molecule has 0 radical (unpaired) electrons. The van der Waals surface area contributed by atoms with Crippen LogP contribution in [0.15, 0.2) is 35.1 Å². The summed E-state index contributed by atoms with van der Waals surface area (Å²) in [5.41, 5.74) is 3.28. The second kappa shape index (κ2) is 4.86. The summed E-state index contributed by atoms with van der Waals surface area (Å²) >= 11 is 9.49. The Hall–Kier alpha value is -1.13. The lowest BCUT2D eigenvalue weighted by molar-refractivity contribution is 0.745. The van der Waals surface area contributed by atoms with Gasteiger partial charge in [-0.25, -0.2) is 4.98 Å². The fourth-order valence-electron chi connectivity index (χ4n) is 2.26. The molecule has 2 aromatic rings. The minimum Gasteiger partial charge on any atom is -0.374 e. The minimum absolute atomic E-state index is 0.217. The molecule has 3 nitrogen and oxygen atoms in total. The van der Waals surface area contributed by atoms with E-state index >= 15 is 0 Å². The van der Waals surface area contributed by atoms with Crippen LogP contribution in [0.2, 0.25) is 5.15 Å². The highest BCUT2D eigenvalue weighted by molar-refractivity contribution is 9.10. The summed E-state index contributed by atoms with van der Waals surface area (Å²) in [6.07, 6.45) is 5.61. The predicted molar refractivity (Wildman–Crippen MR) is 75.9 cm³/mol. The Morgan fingerprint density at radius 1 is 1.39 bits per heavy atom. The molecule has 1 N–H and O–H groups in total. The number of fused-ring (bicyclic) bond motifs is 1. The van der Waals surface area contributed by atoms with E-state index in [4.69, 9.17) is 11.6 Å². The highest BCUT2D eigenvalue weighted by Crippen LogP contribution is 2.34. The van der Waals surface area contributed by atoms with Gasteiger partial charge in [0.1, 0.15) is 0 Å². The van der Waals surface area contributed by atoms with Crippen molar-refractivity contribution in [3.05, 3.63) is 51.5 Å². The van der Waals surface area contributed by atoms with Gasteiger partial charge in [0.05, 0.1) is 17.4 Å². The first-order valence-electron chi connectivity index (χ1n) is 5.75. The van der Waals surface area contributed by atoms with Gasteiger partial charge in [0.25, 0.3) is 0 Å². The molecule has 0 amide bonds. The standard InChI is InChI=1S/C13H11BrClN3/c14-9-6-11(13(15)17-7-9)18-10-4-3-8-2-1-5-16-12(8)10/h1-2,5-7,10,18H,3-4H2. The number of nitrogens with one attached hydrogen (secondary N) is 1. The molecular weight excluding hydrogens is 314 g/mol. The molecule has 0 spiro atoms. The first-order valence-corrected chi connectivity index (χ1v) is 6.92. The van der Waals surface area contributed by atoms with Gasteiger partial charge in [-0.2, -0.15) is 0 Å². The van der Waals surface area contributed by atoms with Crippen LogP contribution in [0.5, 0.6) is 0 Å². The van der Waals surface area contributed by atoms with Gasteiger partial charge in [-0.1, -0.05) is 17.7 Å². The van der Waals surface area contributed by atoms with E-state index in [-0.39, 0.29) is 6.04 Å². The minimum atomic E-state index is 0.217. The molecule has 5 heteroatoms. The molecule has 18 heavy (non-hydrogen) atoms. The Labute approximate surface area is 119 Å². The molecule has 3 rings (SSSR count).